The van der Waals surface area contributed by atoms with Gasteiger partial charge in [0.1, 0.15) is 24.5 Å². The van der Waals surface area contributed by atoms with E-state index in [1.54, 1.807) is 31.2 Å². The van der Waals surface area contributed by atoms with Crippen molar-refractivity contribution in [1.29, 1.82) is 0 Å². The summed E-state index contributed by atoms with van der Waals surface area (Å²) >= 11 is 0. The fourth-order valence-electron chi connectivity index (χ4n) is 1.96. The number of phenols is 1. The molecule has 0 spiro atoms. The molecule has 0 bridgehead atoms. The van der Waals surface area contributed by atoms with Crippen LogP contribution in [0.2, 0.25) is 0 Å². The topological polar surface area (TPSA) is 63.6 Å². The highest BCUT2D eigenvalue weighted by molar-refractivity contribution is 7.95. The van der Waals surface area contributed by atoms with Crippen LogP contribution >= 0.6 is 0 Å². The Kier molecular flexibility index (Phi) is 23.9. The Morgan fingerprint density at radius 1 is 0.897 bits per heavy atom. The van der Waals surface area contributed by atoms with Crippen LogP contribution in [0.25, 0.3) is 0 Å². The predicted molar refractivity (Wildman–Crippen MR) is 127 cm³/mol. The van der Waals surface area contributed by atoms with E-state index in [1.165, 1.54) is 10.5 Å². The second kappa shape index (κ2) is 22.0. The standard InChI is InChI=1S/C17H18O3S.3C2H6.CH2O/c1-3-20-17(19)14-6-4-13(5-7-14)12-21(2)16-10-8-15(18)9-11-16;4*1-2/h4-11H,3,12H2,1-2H3;3*1-2H3;1H2/p+1. The summed E-state index contributed by atoms with van der Waals surface area (Å²) in [5, 5.41) is 9.31. The van der Waals surface area contributed by atoms with Gasteiger partial charge in [-0.1, -0.05) is 53.7 Å². The molecule has 2 rings (SSSR count). The molecule has 0 heterocycles. The van der Waals surface area contributed by atoms with Gasteiger partial charge in [0, 0.05) is 16.5 Å². The maximum atomic E-state index is 11.6. The summed E-state index contributed by atoms with van der Waals surface area (Å²) in [5.41, 5.74) is 1.77. The molecule has 29 heavy (non-hydrogen) atoms. The number of esters is 1. The van der Waals surface area contributed by atoms with E-state index in [4.69, 9.17) is 9.53 Å². The normalized spacial score (nSPS) is 9.38. The molecule has 1 atom stereocenters. The predicted octanol–water partition coefficient (Wildman–Crippen LogP) is 6.27. The fraction of sp³-hybridized carbons (Fsp3) is 0.417. The number of carbonyl (C=O) groups is 2. The van der Waals surface area contributed by atoms with E-state index in [1.807, 2.05) is 72.6 Å². The number of carbonyl (C=O) groups excluding carboxylic acids is 2. The zero-order valence-corrected chi connectivity index (χ0v) is 20.1. The number of hydrogen-bond donors (Lipinski definition) is 1. The van der Waals surface area contributed by atoms with Gasteiger partial charge in [-0.2, -0.15) is 0 Å². The molecule has 2 aromatic carbocycles. The van der Waals surface area contributed by atoms with Crippen molar-refractivity contribution in [3.8, 4) is 5.75 Å². The van der Waals surface area contributed by atoms with E-state index in [9.17, 15) is 9.90 Å². The van der Waals surface area contributed by atoms with Crippen LogP contribution in [-0.2, 0) is 26.2 Å². The molecule has 0 fully saturated rings. The maximum absolute atomic E-state index is 11.6. The SMILES string of the molecule is C=O.CC.CC.CC.CCOC(=O)c1ccc(C[S+](C)c2ccc(O)cc2)cc1. The highest BCUT2D eigenvalue weighted by Gasteiger charge is 2.16. The Balaban J connectivity index is -0.000000754. The van der Waals surface area contributed by atoms with Crippen molar-refractivity contribution in [1.82, 2.24) is 0 Å². The number of hydrogen-bond acceptors (Lipinski definition) is 4. The lowest BCUT2D eigenvalue weighted by Crippen LogP contribution is -2.06. The first kappa shape index (κ1) is 31.4. The average molecular weight is 424 g/mol. The second-order valence-corrected chi connectivity index (χ2v) is 6.73. The minimum absolute atomic E-state index is 0.0593. The van der Waals surface area contributed by atoms with Crippen molar-refractivity contribution in [3.63, 3.8) is 0 Å². The van der Waals surface area contributed by atoms with Crippen LogP contribution in [0.3, 0.4) is 0 Å². The molecule has 4 nitrogen and oxygen atoms in total. The minimum Gasteiger partial charge on any atom is -0.508 e. The van der Waals surface area contributed by atoms with E-state index in [0.29, 0.717) is 12.2 Å². The minimum atomic E-state index is -0.280. The van der Waals surface area contributed by atoms with Crippen LogP contribution in [-0.4, -0.2) is 30.7 Å². The van der Waals surface area contributed by atoms with Crippen molar-refractivity contribution in [2.75, 3.05) is 12.9 Å². The maximum Gasteiger partial charge on any atom is 0.338 e. The first-order valence-electron chi connectivity index (χ1n) is 10.1. The van der Waals surface area contributed by atoms with Gasteiger partial charge >= 0.3 is 5.97 Å². The highest BCUT2D eigenvalue weighted by atomic mass is 32.2. The summed E-state index contributed by atoms with van der Waals surface area (Å²) in [4.78, 5) is 20.8. The Morgan fingerprint density at radius 3 is 1.76 bits per heavy atom. The van der Waals surface area contributed by atoms with Crippen LogP contribution in [0.1, 0.15) is 64.4 Å². The zero-order chi connectivity index (χ0) is 23.2. The van der Waals surface area contributed by atoms with Gasteiger partial charge in [-0.25, -0.2) is 4.79 Å². The number of benzene rings is 2. The van der Waals surface area contributed by atoms with Gasteiger partial charge in [0.15, 0.2) is 4.90 Å². The van der Waals surface area contributed by atoms with Crippen molar-refractivity contribution in [2.45, 2.75) is 59.1 Å². The van der Waals surface area contributed by atoms with Crippen molar-refractivity contribution in [3.05, 3.63) is 59.7 Å². The molecule has 1 unspecified atom stereocenters. The Labute approximate surface area is 180 Å². The van der Waals surface area contributed by atoms with Crippen LogP contribution in [0, 0.1) is 0 Å². The molecule has 0 amide bonds. The summed E-state index contributed by atoms with van der Waals surface area (Å²) in [6, 6.07) is 14.9. The quantitative estimate of drug-likeness (QED) is 0.455. The van der Waals surface area contributed by atoms with E-state index < -0.39 is 0 Å². The molecule has 1 N–H and O–H groups in total. The lowest BCUT2D eigenvalue weighted by molar-refractivity contribution is -0.0980. The van der Waals surface area contributed by atoms with Crippen LogP contribution in [0.15, 0.2) is 53.4 Å². The molecule has 0 aliphatic heterocycles. The third-order valence-electron chi connectivity index (χ3n) is 3.09. The summed E-state index contributed by atoms with van der Waals surface area (Å²) < 4.78 is 4.97. The number of rotatable bonds is 5. The van der Waals surface area contributed by atoms with E-state index >= 15 is 0 Å². The molecular formula is C24H39O4S+. The fourth-order valence-corrected chi connectivity index (χ4v) is 3.42. The molecule has 0 saturated heterocycles. The largest absolute Gasteiger partial charge is 0.508 e. The summed E-state index contributed by atoms with van der Waals surface area (Å²) in [6.45, 7) is 16.2. The molecule has 0 aromatic heterocycles. The Bertz CT molecular complexity index is 610. The van der Waals surface area contributed by atoms with Gasteiger partial charge in [-0.3, -0.25) is 0 Å². The molecule has 0 saturated carbocycles. The van der Waals surface area contributed by atoms with Crippen molar-refractivity contribution in [2.24, 2.45) is 0 Å². The summed E-state index contributed by atoms with van der Waals surface area (Å²) in [5.74, 6) is 0.918. The number of ether oxygens (including phenoxy) is 1. The molecular weight excluding hydrogens is 384 g/mol. The molecule has 5 heteroatoms. The molecule has 2 aromatic rings. The average Bonchev–Trinajstić information content (AvgIpc) is 2.80. The lowest BCUT2D eigenvalue weighted by atomic mass is 10.1. The van der Waals surface area contributed by atoms with E-state index in [2.05, 4.69) is 6.26 Å². The van der Waals surface area contributed by atoms with Crippen molar-refractivity contribution >= 4 is 23.7 Å². The number of aromatic hydroxyl groups is 1. The number of phenolic OH excluding ortho intramolecular Hbond substituents is 1. The van der Waals surface area contributed by atoms with Gasteiger partial charge in [0.25, 0.3) is 0 Å². The smallest absolute Gasteiger partial charge is 0.338 e. The first-order valence-corrected chi connectivity index (χ1v) is 11.9. The highest BCUT2D eigenvalue weighted by Crippen LogP contribution is 2.20. The molecule has 0 radical (unpaired) electrons. The van der Waals surface area contributed by atoms with Gasteiger partial charge in [-0.15, -0.1) is 0 Å². The third kappa shape index (κ3) is 13.5. The van der Waals surface area contributed by atoms with Gasteiger partial charge in [0.05, 0.1) is 12.2 Å². The second-order valence-electron chi connectivity index (χ2n) is 4.69. The van der Waals surface area contributed by atoms with Crippen LogP contribution < -0.4 is 0 Å². The first-order chi connectivity index (χ1) is 14.1. The monoisotopic (exact) mass is 423 g/mol. The summed E-state index contributed by atoms with van der Waals surface area (Å²) in [6.07, 6.45) is 2.17. The molecule has 0 aliphatic rings. The van der Waals surface area contributed by atoms with Crippen LogP contribution in [0.4, 0.5) is 0 Å². The Hall–Kier alpha value is -2.27. The van der Waals surface area contributed by atoms with Gasteiger partial charge < -0.3 is 14.6 Å². The Morgan fingerprint density at radius 2 is 1.34 bits per heavy atom. The summed E-state index contributed by atoms with van der Waals surface area (Å²) in [7, 11) is 0.0593. The third-order valence-corrected chi connectivity index (χ3v) is 4.93. The van der Waals surface area contributed by atoms with Gasteiger partial charge in [-0.05, 0) is 43.3 Å². The van der Waals surface area contributed by atoms with Gasteiger partial charge in [0.2, 0.25) is 0 Å². The molecule has 164 valence electrons. The lowest BCUT2D eigenvalue weighted by Gasteiger charge is -2.05. The van der Waals surface area contributed by atoms with Crippen LogP contribution in [0.5, 0.6) is 5.75 Å². The van der Waals surface area contributed by atoms with E-state index in [0.717, 1.165) is 5.75 Å². The molecule has 0 aliphatic carbocycles. The van der Waals surface area contributed by atoms with Crippen molar-refractivity contribution < 1.29 is 19.4 Å². The zero-order valence-electron chi connectivity index (χ0n) is 19.3. The van der Waals surface area contributed by atoms with E-state index in [-0.39, 0.29) is 22.6 Å².